The van der Waals surface area contributed by atoms with Gasteiger partial charge in [-0.05, 0) is 31.0 Å². The Labute approximate surface area is 118 Å². The summed E-state index contributed by atoms with van der Waals surface area (Å²) in [7, 11) is -1.04. The second-order valence-corrected chi connectivity index (χ2v) is 6.62. The molecule has 0 bridgehead atoms. The molecule has 1 N–H and O–H groups in total. The summed E-state index contributed by atoms with van der Waals surface area (Å²) in [6.07, 6.45) is 1.09. The molecular weight excluding hydrogens is 266 g/mol. The molecule has 0 radical (unpaired) electrons. The van der Waals surface area contributed by atoms with E-state index in [0.717, 1.165) is 17.9 Å². The Morgan fingerprint density at radius 2 is 2.00 bits per heavy atom. The van der Waals surface area contributed by atoms with Crippen molar-refractivity contribution in [1.29, 1.82) is 0 Å². The zero-order chi connectivity index (χ0) is 13.5. The molecule has 2 nitrogen and oxygen atoms in total. The van der Waals surface area contributed by atoms with Crippen molar-refractivity contribution in [2.75, 3.05) is 12.3 Å². The molecule has 2 unspecified atom stereocenters. The molecule has 0 spiro atoms. The van der Waals surface area contributed by atoms with E-state index in [1.165, 1.54) is 0 Å². The topological polar surface area (TPSA) is 29.1 Å². The lowest BCUT2D eigenvalue weighted by atomic mass is 10.1. The van der Waals surface area contributed by atoms with Crippen LogP contribution in [0.15, 0.2) is 29.2 Å². The number of nitrogens with one attached hydrogen (secondary N) is 1. The fourth-order valence-electron chi connectivity index (χ4n) is 1.70. The first-order valence-electron chi connectivity index (χ1n) is 6.42. The highest BCUT2D eigenvalue weighted by Crippen LogP contribution is 2.20. The molecular formula is C14H22ClNOS. The van der Waals surface area contributed by atoms with Crippen LogP contribution < -0.4 is 5.32 Å². The molecule has 102 valence electrons. The van der Waals surface area contributed by atoms with Crippen LogP contribution in [0.1, 0.15) is 27.2 Å². The normalized spacial score (nSPS) is 14.7. The van der Waals surface area contributed by atoms with Gasteiger partial charge in [0.15, 0.2) is 0 Å². The van der Waals surface area contributed by atoms with Crippen molar-refractivity contribution in [2.45, 2.75) is 38.1 Å². The average Bonchev–Trinajstić information content (AvgIpc) is 2.34. The highest BCUT2D eigenvalue weighted by molar-refractivity contribution is 7.85. The van der Waals surface area contributed by atoms with Crippen molar-refractivity contribution in [3.8, 4) is 0 Å². The largest absolute Gasteiger partial charge is 0.313 e. The van der Waals surface area contributed by atoms with E-state index in [-0.39, 0.29) is 6.04 Å². The number of halogens is 1. The van der Waals surface area contributed by atoms with Crippen LogP contribution >= 0.6 is 11.6 Å². The monoisotopic (exact) mass is 287 g/mol. The third-order valence-corrected chi connectivity index (χ3v) is 4.82. The molecule has 0 heterocycles. The van der Waals surface area contributed by atoms with Crippen molar-refractivity contribution in [3.05, 3.63) is 29.3 Å². The van der Waals surface area contributed by atoms with Gasteiger partial charge in [0.1, 0.15) is 0 Å². The van der Waals surface area contributed by atoms with E-state index in [1.54, 1.807) is 6.07 Å². The molecule has 1 rings (SSSR count). The van der Waals surface area contributed by atoms with Gasteiger partial charge in [0.05, 0.1) is 20.7 Å². The van der Waals surface area contributed by atoms with Crippen LogP contribution in [0.2, 0.25) is 5.02 Å². The minimum Gasteiger partial charge on any atom is -0.313 e. The molecule has 1 aromatic carbocycles. The molecule has 0 aromatic heterocycles. The summed E-state index contributed by atoms with van der Waals surface area (Å²) in [4.78, 5) is 0.739. The van der Waals surface area contributed by atoms with Crippen molar-refractivity contribution in [3.63, 3.8) is 0 Å². The van der Waals surface area contributed by atoms with Crippen molar-refractivity contribution in [2.24, 2.45) is 5.92 Å². The van der Waals surface area contributed by atoms with E-state index in [1.807, 2.05) is 18.2 Å². The molecule has 0 saturated carbocycles. The summed E-state index contributed by atoms with van der Waals surface area (Å²) >= 11 is 6.07. The summed E-state index contributed by atoms with van der Waals surface area (Å²) in [6, 6.07) is 7.64. The van der Waals surface area contributed by atoms with Crippen molar-refractivity contribution in [1.82, 2.24) is 5.32 Å². The third kappa shape index (κ3) is 4.71. The first kappa shape index (κ1) is 15.7. The van der Waals surface area contributed by atoms with Gasteiger partial charge in [-0.25, -0.2) is 0 Å². The van der Waals surface area contributed by atoms with Gasteiger partial charge in [0.25, 0.3) is 0 Å². The fourth-order valence-corrected chi connectivity index (χ4v) is 3.62. The van der Waals surface area contributed by atoms with Gasteiger partial charge in [0, 0.05) is 11.8 Å². The standard InChI is InChI=1S/C14H22ClNOS/c1-4-9-16-13(11(2)3)10-18(17)14-8-6-5-7-12(14)15/h5-8,11,13,16H,4,9-10H2,1-3H3. The number of hydrogen-bond donors (Lipinski definition) is 1. The maximum atomic E-state index is 12.3. The Balaban J connectivity index is 2.69. The van der Waals surface area contributed by atoms with E-state index >= 15 is 0 Å². The van der Waals surface area contributed by atoms with Gasteiger partial charge in [0.2, 0.25) is 0 Å². The predicted octanol–water partition coefficient (Wildman–Crippen LogP) is 3.47. The van der Waals surface area contributed by atoms with Crippen LogP contribution in [-0.4, -0.2) is 22.5 Å². The average molecular weight is 288 g/mol. The van der Waals surface area contributed by atoms with Crippen molar-refractivity contribution >= 4 is 22.4 Å². The molecule has 2 atom stereocenters. The maximum absolute atomic E-state index is 12.3. The van der Waals surface area contributed by atoms with Gasteiger partial charge in [-0.15, -0.1) is 0 Å². The first-order chi connectivity index (χ1) is 8.56. The molecule has 1 aromatic rings. The van der Waals surface area contributed by atoms with E-state index in [0.29, 0.717) is 16.7 Å². The Morgan fingerprint density at radius 3 is 2.56 bits per heavy atom. The van der Waals surface area contributed by atoms with Crippen LogP contribution in [0.5, 0.6) is 0 Å². The van der Waals surface area contributed by atoms with Gasteiger partial charge in [-0.2, -0.15) is 0 Å². The van der Waals surface area contributed by atoms with Crippen LogP contribution in [0.3, 0.4) is 0 Å². The van der Waals surface area contributed by atoms with Gasteiger partial charge in [-0.3, -0.25) is 4.21 Å². The van der Waals surface area contributed by atoms with Crippen LogP contribution in [0.25, 0.3) is 0 Å². The maximum Gasteiger partial charge on any atom is 0.0574 e. The van der Waals surface area contributed by atoms with E-state index in [2.05, 4.69) is 26.1 Å². The van der Waals surface area contributed by atoms with E-state index < -0.39 is 10.8 Å². The number of benzene rings is 1. The summed E-state index contributed by atoms with van der Waals surface area (Å²) < 4.78 is 12.3. The molecule has 18 heavy (non-hydrogen) atoms. The second-order valence-electron chi connectivity index (χ2n) is 4.75. The lowest BCUT2D eigenvalue weighted by Gasteiger charge is -2.22. The summed E-state index contributed by atoms with van der Waals surface area (Å²) in [5.41, 5.74) is 0. The Bertz CT molecular complexity index is 395. The smallest absolute Gasteiger partial charge is 0.0574 e. The zero-order valence-electron chi connectivity index (χ0n) is 11.3. The van der Waals surface area contributed by atoms with Crippen LogP contribution in [0.4, 0.5) is 0 Å². The summed E-state index contributed by atoms with van der Waals surface area (Å²) in [6.45, 7) is 7.40. The molecule has 0 amide bonds. The highest BCUT2D eigenvalue weighted by Gasteiger charge is 2.18. The Kier molecular flexibility index (Phi) is 6.90. The van der Waals surface area contributed by atoms with E-state index in [4.69, 9.17) is 11.6 Å². The SMILES string of the molecule is CCCNC(CS(=O)c1ccccc1Cl)C(C)C. The molecule has 0 aliphatic heterocycles. The second kappa shape index (κ2) is 7.93. The zero-order valence-corrected chi connectivity index (χ0v) is 12.9. The van der Waals surface area contributed by atoms with Crippen LogP contribution in [-0.2, 0) is 10.8 Å². The lowest BCUT2D eigenvalue weighted by Crippen LogP contribution is -2.38. The number of rotatable bonds is 7. The minimum absolute atomic E-state index is 0.266. The Hall–Kier alpha value is -0.380. The van der Waals surface area contributed by atoms with Gasteiger partial charge < -0.3 is 5.32 Å². The summed E-state index contributed by atoms with van der Waals surface area (Å²) in [5.74, 6) is 1.07. The molecule has 0 saturated heterocycles. The predicted molar refractivity (Wildman–Crippen MR) is 79.6 cm³/mol. The fraction of sp³-hybridized carbons (Fsp3) is 0.571. The lowest BCUT2D eigenvalue weighted by molar-refractivity contribution is 0.431. The first-order valence-corrected chi connectivity index (χ1v) is 8.12. The summed E-state index contributed by atoms with van der Waals surface area (Å²) in [5, 5.41) is 4.04. The highest BCUT2D eigenvalue weighted by atomic mass is 35.5. The quantitative estimate of drug-likeness (QED) is 0.832. The third-order valence-electron chi connectivity index (χ3n) is 2.87. The van der Waals surface area contributed by atoms with E-state index in [9.17, 15) is 4.21 Å². The number of hydrogen-bond acceptors (Lipinski definition) is 2. The molecule has 0 aliphatic carbocycles. The minimum atomic E-state index is -1.04. The Morgan fingerprint density at radius 1 is 1.33 bits per heavy atom. The molecule has 4 heteroatoms. The molecule has 0 aliphatic rings. The van der Waals surface area contributed by atoms with Gasteiger partial charge in [-0.1, -0.05) is 44.5 Å². The molecule has 0 fully saturated rings. The van der Waals surface area contributed by atoms with Crippen molar-refractivity contribution < 1.29 is 4.21 Å². The van der Waals surface area contributed by atoms with Crippen LogP contribution in [0, 0.1) is 5.92 Å². The van der Waals surface area contributed by atoms with Gasteiger partial charge >= 0.3 is 0 Å².